The number of carbonyl (C=O) groups is 2. The fourth-order valence-electron chi connectivity index (χ4n) is 2.70. The third kappa shape index (κ3) is 3.28. The van der Waals surface area contributed by atoms with E-state index in [1.165, 1.54) is 0 Å². The summed E-state index contributed by atoms with van der Waals surface area (Å²) in [5, 5.41) is 8.29. The normalized spacial score (nSPS) is 10.9. The van der Waals surface area contributed by atoms with Gasteiger partial charge < -0.3 is 14.6 Å². The zero-order chi connectivity index (χ0) is 18.8. The topological polar surface area (TPSA) is 99.1 Å². The summed E-state index contributed by atoms with van der Waals surface area (Å²) in [4.78, 5) is 34.1. The van der Waals surface area contributed by atoms with Crippen molar-refractivity contribution in [1.29, 1.82) is 0 Å². The van der Waals surface area contributed by atoms with Crippen molar-refractivity contribution in [3.63, 3.8) is 0 Å². The van der Waals surface area contributed by atoms with Crippen molar-refractivity contribution in [2.24, 2.45) is 0 Å². The molecule has 1 N–H and O–H groups in total. The predicted octanol–water partition coefficient (Wildman–Crippen LogP) is 2.52. The Bertz CT molecular complexity index is 992. The van der Waals surface area contributed by atoms with Gasteiger partial charge in [0.05, 0.1) is 17.9 Å². The molecule has 2 aromatic heterocycles. The Hall–Kier alpha value is -2.87. The Morgan fingerprint density at radius 1 is 1.31 bits per heavy atom. The molecule has 2 heterocycles. The summed E-state index contributed by atoms with van der Waals surface area (Å²) in [6.07, 6.45) is 0. The van der Waals surface area contributed by atoms with E-state index in [0.29, 0.717) is 38.6 Å². The van der Waals surface area contributed by atoms with Crippen molar-refractivity contribution >= 4 is 34.4 Å². The molecule has 0 atom stereocenters. The Morgan fingerprint density at radius 3 is 2.81 bits per heavy atom. The lowest BCUT2D eigenvalue weighted by molar-refractivity contribution is 0.0525. The molecule has 9 heteroatoms. The molecule has 0 spiro atoms. The van der Waals surface area contributed by atoms with E-state index < -0.39 is 5.97 Å². The van der Waals surface area contributed by atoms with Crippen LogP contribution >= 0.6 is 11.6 Å². The number of fused-ring (bicyclic) bond motifs is 1. The van der Waals surface area contributed by atoms with Crippen molar-refractivity contribution < 1.29 is 19.2 Å². The van der Waals surface area contributed by atoms with Gasteiger partial charge >= 0.3 is 5.97 Å². The van der Waals surface area contributed by atoms with E-state index in [1.54, 1.807) is 39.0 Å². The van der Waals surface area contributed by atoms with Crippen LogP contribution in [0.5, 0.6) is 0 Å². The second-order valence-corrected chi connectivity index (χ2v) is 6.07. The third-order valence-electron chi connectivity index (χ3n) is 3.89. The van der Waals surface area contributed by atoms with Crippen LogP contribution in [0.15, 0.2) is 18.2 Å². The highest BCUT2D eigenvalue weighted by Gasteiger charge is 2.23. The van der Waals surface area contributed by atoms with Gasteiger partial charge in [0.15, 0.2) is 6.61 Å². The number of hydrogen-bond donors (Lipinski definition) is 1. The quantitative estimate of drug-likeness (QED) is 0.524. The molecule has 26 heavy (non-hydrogen) atoms. The van der Waals surface area contributed by atoms with Crippen LogP contribution < -0.4 is 4.84 Å². The fraction of sp³-hybridized carbons (Fsp3) is 0.294. The number of ketones is 1. The number of nitrogens with zero attached hydrogens (tertiary/aromatic N) is 3. The van der Waals surface area contributed by atoms with E-state index in [0.717, 1.165) is 4.85 Å². The summed E-state index contributed by atoms with van der Waals surface area (Å²) < 4.78 is 5.02. The SMILES string of the molecule is CCOC(=O)c1c(C)[nH]c(C(=O)COn2nnc3ccc(Cl)cc32)c1C. The highest BCUT2D eigenvalue weighted by atomic mass is 35.5. The lowest BCUT2D eigenvalue weighted by atomic mass is 10.1. The number of esters is 1. The van der Waals surface area contributed by atoms with Gasteiger partial charge in [-0.25, -0.2) is 4.79 Å². The van der Waals surface area contributed by atoms with E-state index >= 15 is 0 Å². The predicted molar refractivity (Wildman–Crippen MR) is 94.5 cm³/mol. The summed E-state index contributed by atoms with van der Waals surface area (Å²) in [6, 6.07) is 5.04. The van der Waals surface area contributed by atoms with Crippen LogP contribution in [0, 0.1) is 13.8 Å². The number of halogens is 1. The Labute approximate surface area is 154 Å². The zero-order valence-corrected chi connectivity index (χ0v) is 15.3. The number of rotatable bonds is 6. The molecule has 0 aliphatic heterocycles. The molecule has 1 aromatic carbocycles. The molecule has 0 saturated heterocycles. The summed E-state index contributed by atoms with van der Waals surface area (Å²) in [7, 11) is 0. The van der Waals surface area contributed by atoms with E-state index in [1.807, 2.05) is 0 Å². The van der Waals surface area contributed by atoms with Crippen molar-refractivity contribution in [3.05, 3.63) is 45.7 Å². The summed E-state index contributed by atoms with van der Waals surface area (Å²) in [5.41, 5.74) is 2.92. The minimum atomic E-state index is -0.462. The standard InChI is InChI=1S/C17H17ClN4O4/c1-4-25-17(24)15-9(2)16(19-10(15)3)14(23)8-26-22-13-7-11(18)5-6-12(13)20-21-22/h5-7,19H,4,8H2,1-3H3. The molecule has 3 aromatic rings. The molecule has 3 rings (SSSR count). The number of ether oxygens (including phenoxy) is 1. The maximum atomic E-state index is 12.5. The third-order valence-corrected chi connectivity index (χ3v) is 4.13. The molecule has 0 bridgehead atoms. The van der Waals surface area contributed by atoms with Gasteiger partial charge in [-0.2, -0.15) is 0 Å². The first kappa shape index (κ1) is 17.9. The van der Waals surface area contributed by atoms with Crippen LogP contribution in [0.3, 0.4) is 0 Å². The molecular weight excluding hydrogens is 360 g/mol. The molecule has 0 saturated carbocycles. The van der Waals surface area contributed by atoms with Gasteiger partial charge in [0.1, 0.15) is 11.0 Å². The van der Waals surface area contributed by atoms with Crippen molar-refractivity contribution in [1.82, 2.24) is 20.1 Å². The Kier molecular flexibility index (Phi) is 4.94. The fourth-order valence-corrected chi connectivity index (χ4v) is 2.86. The number of benzene rings is 1. The van der Waals surface area contributed by atoms with Gasteiger partial charge in [-0.15, -0.1) is 5.10 Å². The molecular formula is C17H17ClN4O4. The van der Waals surface area contributed by atoms with Gasteiger partial charge in [0.25, 0.3) is 0 Å². The molecule has 136 valence electrons. The van der Waals surface area contributed by atoms with Gasteiger partial charge in [0, 0.05) is 10.7 Å². The average Bonchev–Trinajstić information content (AvgIpc) is 3.13. The molecule has 0 amide bonds. The smallest absolute Gasteiger partial charge is 0.340 e. The van der Waals surface area contributed by atoms with Crippen LogP contribution in [0.4, 0.5) is 0 Å². The van der Waals surface area contributed by atoms with E-state index in [9.17, 15) is 9.59 Å². The van der Waals surface area contributed by atoms with Crippen LogP contribution in [-0.4, -0.2) is 45.1 Å². The molecule has 8 nitrogen and oxygen atoms in total. The average molecular weight is 377 g/mol. The van der Waals surface area contributed by atoms with Crippen LogP contribution in [0.2, 0.25) is 5.02 Å². The lowest BCUT2D eigenvalue weighted by Crippen LogP contribution is -2.22. The molecule has 0 aliphatic carbocycles. The van der Waals surface area contributed by atoms with E-state index in [-0.39, 0.29) is 19.0 Å². The van der Waals surface area contributed by atoms with Crippen LogP contribution in [-0.2, 0) is 4.74 Å². The van der Waals surface area contributed by atoms with Crippen LogP contribution in [0.1, 0.15) is 39.0 Å². The van der Waals surface area contributed by atoms with Crippen LogP contribution in [0.25, 0.3) is 11.0 Å². The summed E-state index contributed by atoms with van der Waals surface area (Å²) in [5.74, 6) is -0.789. The minimum absolute atomic E-state index is 0.261. The number of nitrogens with one attached hydrogen (secondary N) is 1. The van der Waals surface area contributed by atoms with Gasteiger partial charge in [-0.1, -0.05) is 16.4 Å². The van der Waals surface area contributed by atoms with Gasteiger partial charge in [-0.3, -0.25) is 4.79 Å². The number of aryl methyl sites for hydroxylation is 1. The molecule has 0 unspecified atom stereocenters. The Morgan fingerprint density at radius 2 is 2.08 bits per heavy atom. The highest BCUT2D eigenvalue weighted by molar-refractivity contribution is 6.31. The second kappa shape index (κ2) is 7.17. The molecule has 0 fully saturated rings. The number of Topliss-reactive ketones (excluding diaryl/α,β-unsaturated/α-hetero) is 1. The number of H-pyrrole nitrogens is 1. The number of carbonyl (C=O) groups excluding carboxylic acids is 2. The number of hydrogen-bond acceptors (Lipinski definition) is 6. The van der Waals surface area contributed by atoms with Gasteiger partial charge in [-0.05, 0) is 49.7 Å². The first-order valence-electron chi connectivity index (χ1n) is 7.96. The zero-order valence-electron chi connectivity index (χ0n) is 14.5. The molecule has 0 radical (unpaired) electrons. The highest BCUT2D eigenvalue weighted by Crippen LogP contribution is 2.20. The first-order valence-corrected chi connectivity index (χ1v) is 8.34. The first-order chi connectivity index (χ1) is 12.4. The minimum Gasteiger partial charge on any atom is -0.462 e. The van der Waals surface area contributed by atoms with Crippen molar-refractivity contribution in [2.75, 3.05) is 13.2 Å². The summed E-state index contributed by atoms with van der Waals surface area (Å²) in [6.45, 7) is 5.10. The Balaban J connectivity index is 1.79. The lowest BCUT2D eigenvalue weighted by Gasteiger charge is -2.05. The summed E-state index contributed by atoms with van der Waals surface area (Å²) >= 11 is 5.96. The maximum Gasteiger partial charge on any atom is 0.340 e. The molecule has 0 aliphatic rings. The monoisotopic (exact) mass is 376 g/mol. The number of aromatic amines is 1. The second-order valence-electron chi connectivity index (χ2n) is 5.64. The van der Waals surface area contributed by atoms with Crippen molar-refractivity contribution in [2.45, 2.75) is 20.8 Å². The van der Waals surface area contributed by atoms with E-state index in [2.05, 4.69) is 15.3 Å². The van der Waals surface area contributed by atoms with Gasteiger partial charge in [0.2, 0.25) is 5.78 Å². The van der Waals surface area contributed by atoms with Crippen molar-refractivity contribution in [3.8, 4) is 0 Å². The number of aromatic nitrogens is 4. The maximum absolute atomic E-state index is 12.5. The van der Waals surface area contributed by atoms with E-state index in [4.69, 9.17) is 21.2 Å². The largest absolute Gasteiger partial charge is 0.462 e.